The summed E-state index contributed by atoms with van der Waals surface area (Å²) in [4.78, 5) is 0. The van der Waals surface area contributed by atoms with Crippen LogP contribution in [0.2, 0.25) is 0 Å². The number of hydrogen-bond acceptors (Lipinski definition) is 4. The van der Waals surface area contributed by atoms with Crippen molar-refractivity contribution in [3.63, 3.8) is 0 Å². The van der Waals surface area contributed by atoms with Crippen LogP contribution < -0.4 is 9.47 Å². The SMILES string of the molecule is N#Cc1c(F)c(Oc2ccc(F)cc2F)c(Oc2ccc(F)cc2F)c(F)c1C#N. The molecule has 0 saturated carbocycles. The van der Waals surface area contributed by atoms with Gasteiger partial charge >= 0.3 is 0 Å². The number of benzene rings is 3. The smallest absolute Gasteiger partial charge is 0.210 e. The molecule has 0 radical (unpaired) electrons. The third-order valence-electron chi connectivity index (χ3n) is 3.73. The van der Waals surface area contributed by atoms with Gasteiger partial charge in [0.05, 0.1) is 0 Å². The highest BCUT2D eigenvalue weighted by Gasteiger charge is 2.29. The summed E-state index contributed by atoms with van der Waals surface area (Å²) in [6, 6.07) is 6.30. The quantitative estimate of drug-likeness (QED) is 0.497. The van der Waals surface area contributed by atoms with Crippen molar-refractivity contribution in [3.8, 4) is 35.1 Å². The topological polar surface area (TPSA) is 66.0 Å². The Labute approximate surface area is 164 Å². The number of nitrogens with zero attached hydrogens (tertiary/aromatic N) is 2. The van der Waals surface area contributed by atoms with Gasteiger partial charge in [-0.05, 0) is 24.3 Å². The molecule has 3 rings (SSSR count). The molecular formula is C20H6F6N2O2. The summed E-state index contributed by atoms with van der Waals surface area (Å²) in [6.45, 7) is 0. The lowest BCUT2D eigenvalue weighted by molar-refractivity contribution is 0.353. The lowest BCUT2D eigenvalue weighted by Gasteiger charge is -2.16. The molecule has 3 aromatic carbocycles. The fourth-order valence-electron chi connectivity index (χ4n) is 2.37. The highest BCUT2D eigenvalue weighted by molar-refractivity contribution is 5.60. The van der Waals surface area contributed by atoms with Crippen LogP contribution in [0.4, 0.5) is 26.3 Å². The first-order valence-corrected chi connectivity index (χ1v) is 7.87. The largest absolute Gasteiger partial charge is 0.447 e. The molecule has 0 amide bonds. The number of hydrogen-bond donors (Lipinski definition) is 0. The molecular weight excluding hydrogens is 414 g/mol. The monoisotopic (exact) mass is 420 g/mol. The van der Waals surface area contributed by atoms with Crippen molar-refractivity contribution >= 4 is 0 Å². The molecule has 0 aliphatic carbocycles. The second-order valence-corrected chi connectivity index (χ2v) is 5.61. The molecule has 0 saturated heterocycles. The van der Waals surface area contributed by atoms with Gasteiger partial charge in [0.25, 0.3) is 0 Å². The predicted molar refractivity (Wildman–Crippen MR) is 88.7 cm³/mol. The van der Waals surface area contributed by atoms with E-state index >= 15 is 0 Å². The molecule has 0 spiro atoms. The Balaban J connectivity index is 2.24. The van der Waals surface area contributed by atoms with E-state index in [1.807, 2.05) is 0 Å². The molecule has 150 valence electrons. The van der Waals surface area contributed by atoms with Crippen LogP contribution in [0.1, 0.15) is 11.1 Å². The third-order valence-corrected chi connectivity index (χ3v) is 3.73. The lowest BCUT2D eigenvalue weighted by atomic mass is 10.1. The van der Waals surface area contributed by atoms with E-state index in [-0.39, 0.29) is 0 Å². The molecule has 0 unspecified atom stereocenters. The molecule has 0 bridgehead atoms. The van der Waals surface area contributed by atoms with E-state index in [0.29, 0.717) is 12.1 Å². The van der Waals surface area contributed by atoms with Gasteiger partial charge in [-0.3, -0.25) is 0 Å². The van der Waals surface area contributed by atoms with Gasteiger partial charge in [-0.25, -0.2) is 26.3 Å². The predicted octanol–water partition coefficient (Wildman–Crippen LogP) is 5.85. The van der Waals surface area contributed by atoms with Crippen LogP contribution in [0.3, 0.4) is 0 Å². The fourth-order valence-corrected chi connectivity index (χ4v) is 2.37. The Morgan fingerprint density at radius 2 is 0.967 bits per heavy atom. The van der Waals surface area contributed by atoms with Crippen molar-refractivity contribution in [1.29, 1.82) is 10.5 Å². The maximum absolute atomic E-state index is 14.8. The molecule has 10 heteroatoms. The third kappa shape index (κ3) is 3.71. The Morgan fingerprint density at radius 1 is 0.600 bits per heavy atom. The van der Waals surface area contributed by atoms with Gasteiger partial charge < -0.3 is 9.47 Å². The Bertz CT molecular complexity index is 1150. The average Bonchev–Trinajstić information content (AvgIpc) is 2.70. The Morgan fingerprint density at radius 3 is 1.27 bits per heavy atom. The zero-order chi connectivity index (χ0) is 22.0. The normalized spacial score (nSPS) is 10.3. The molecule has 0 aliphatic rings. The second-order valence-electron chi connectivity index (χ2n) is 5.61. The van der Waals surface area contributed by atoms with E-state index in [4.69, 9.17) is 20.0 Å². The van der Waals surface area contributed by atoms with Crippen molar-refractivity contribution in [2.75, 3.05) is 0 Å². The molecule has 0 fully saturated rings. The van der Waals surface area contributed by atoms with Gasteiger partial charge in [-0.15, -0.1) is 0 Å². The van der Waals surface area contributed by atoms with Gasteiger partial charge in [0.15, 0.2) is 34.8 Å². The summed E-state index contributed by atoms with van der Waals surface area (Å²) in [7, 11) is 0. The van der Waals surface area contributed by atoms with Crippen molar-refractivity contribution in [2.45, 2.75) is 0 Å². The van der Waals surface area contributed by atoms with Crippen LogP contribution >= 0.6 is 0 Å². The summed E-state index contributed by atoms with van der Waals surface area (Å²) in [5, 5.41) is 18.1. The highest BCUT2D eigenvalue weighted by Crippen LogP contribution is 2.43. The molecule has 4 nitrogen and oxygen atoms in total. The van der Waals surface area contributed by atoms with Crippen molar-refractivity contribution in [2.24, 2.45) is 0 Å². The van der Waals surface area contributed by atoms with Crippen LogP contribution in [-0.4, -0.2) is 0 Å². The minimum Gasteiger partial charge on any atom is -0.447 e. The number of nitriles is 2. The van der Waals surface area contributed by atoms with Crippen LogP contribution in [0.5, 0.6) is 23.0 Å². The van der Waals surface area contributed by atoms with Crippen molar-refractivity contribution < 1.29 is 35.8 Å². The standard InChI is InChI=1S/C20H6F6N2O2/c21-9-1-3-15(13(23)5-9)29-19-17(25)11(7-27)12(8-28)18(26)20(19)30-16-4-2-10(22)6-14(16)24/h1-6H. The number of halogens is 6. The summed E-state index contributed by atoms with van der Waals surface area (Å²) in [5.41, 5.74) is -2.17. The fraction of sp³-hybridized carbons (Fsp3) is 0. The van der Waals surface area contributed by atoms with Crippen molar-refractivity contribution in [3.05, 3.63) is 82.4 Å². The zero-order valence-electron chi connectivity index (χ0n) is 14.4. The minimum atomic E-state index is -1.61. The maximum Gasteiger partial charge on any atom is 0.210 e. The minimum absolute atomic E-state index is 0.388. The second kappa shape index (κ2) is 8.05. The first-order valence-electron chi connectivity index (χ1n) is 7.87. The van der Waals surface area contributed by atoms with Crippen LogP contribution in [0.15, 0.2) is 36.4 Å². The molecule has 0 aliphatic heterocycles. The van der Waals surface area contributed by atoms with E-state index in [9.17, 15) is 26.3 Å². The lowest BCUT2D eigenvalue weighted by Crippen LogP contribution is -2.05. The van der Waals surface area contributed by atoms with E-state index in [2.05, 4.69) is 0 Å². The molecule has 0 heterocycles. The Kier molecular flexibility index (Phi) is 5.52. The molecule has 0 aromatic heterocycles. The van der Waals surface area contributed by atoms with Crippen molar-refractivity contribution in [1.82, 2.24) is 0 Å². The van der Waals surface area contributed by atoms with Crippen LogP contribution in [-0.2, 0) is 0 Å². The molecule has 30 heavy (non-hydrogen) atoms. The van der Waals surface area contributed by atoms with Gasteiger partial charge in [0.2, 0.25) is 11.5 Å². The number of ether oxygens (including phenoxy) is 2. The van der Waals surface area contributed by atoms with Gasteiger partial charge in [-0.2, -0.15) is 10.5 Å². The summed E-state index contributed by atoms with van der Waals surface area (Å²) < 4.78 is 93.6. The molecule has 3 aromatic rings. The van der Waals surface area contributed by atoms with E-state index < -0.39 is 69.0 Å². The number of rotatable bonds is 4. The molecule has 0 atom stereocenters. The summed E-state index contributed by atoms with van der Waals surface area (Å²) in [5.74, 6) is -11.8. The van der Waals surface area contributed by atoms with Crippen LogP contribution in [0, 0.1) is 57.6 Å². The van der Waals surface area contributed by atoms with Gasteiger partial charge in [0, 0.05) is 12.1 Å². The van der Waals surface area contributed by atoms with E-state index in [1.54, 1.807) is 0 Å². The van der Waals surface area contributed by atoms with Crippen LogP contribution in [0.25, 0.3) is 0 Å². The van der Waals surface area contributed by atoms with Gasteiger partial charge in [-0.1, -0.05) is 0 Å². The molecule has 0 N–H and O–H groups in total. The maximum atomic E-state index is 14.8. The van der Waals surface area contributed by atoms with Gasteiger partial charge in [0.1, 0.15) is 34.9 Å². The summed E-state index contributed by atoms with van der Waals surface area (Å²) >= 11 is 0. The van der Waals surface area contributed by atoms with E-state index in [0.717, 1.165) is 24.3 Å². The summed E-state index contributed by atoms with van der Waals surface area (Å²) in [6.07, 6.45) is 0. The average molecular weight is 420 g/mol. The highest BCUT2D eigenvalue weighted by atomic mass is 19.2. The zero-order valence-corrected chi connectivity index (χ0v) is 14.4. The first-order chi connectivity index (χ1) is 14.3. The first kappa shape index (κ1) is 20.6. The Hall–Kier alpha value is -4.18. The van der Waals surface area contributed by atoms with E-state index in [1.165, 1.54) is 12.1 Å².